The fraction of sp³-hybridized carbons (Fsp3) is 0.391. The number of aromatic nitrogens is 2. The maximum Gasteiger partial charge on any atom is 0.573 e. The lowest BCUT2D eigenvalue weighted by molar-refractivity contribution is -0.274. The van der Waals surface area contributed by atoms with E-state index in [4.69, 9.17) is 20.6 Å². The summed E-state index contributed by atoms with van der Waals surface area (Å²) in [5.74, 6) is -0.433. The van der Waals surface area contributed by atoms with Gasteiger partial charge < -0.3 is 13.7 Å². The van der Waals surface area contributed by atoms with Crippen molar-refractivity contribution in [3.05, 3.63) is 59.4 Å². The molecule has 2 aromatic carbocycles. The first-order chi connectivity index (χ1) is 17.0. The van der Waals surface area contributed by atoms with Crippen LogP contribution in [0.5, 0.6) is 5.75 Å². The molecule has 0 aliphatic rings. The van der Waals surface area contributed by atoms with Crippen molar-refractivity contribution in [1.82, 2.24) is 14.9 Å². The molecule has 0 spiro atoms. The second-order valence-electron chi connectivity index (χ2n) is 9.73. The van der Waals surface area contributed by atoms with Gasteiger partial charge in [-0.05, 0) is 60.6 Å². The Morgan fingerprint density at radius 3 is 2.32 bits per heavy atom. The summed E-state index contributed by atoms with van der Waals surface area (Å²) in [6.07, 6.45) is -4.82. The van der Waals surface area contributed by atoms with Gasteiger partial charge in [-0.2, -0.15) is 9.71 Å². The minimum absolute atomic E-state index is 0.0489. The summed E-state index contributed by atoms with van der Waals surface area (Å²) in [6.45, 7) is 10.1. The third-order valence-electron chi connectivity index (χ3n) is 5.91. The van der Waals surface area contributed by atoms with Gasteiger partial charge in [-0.15, -0.1) is 13.2 Å². The molecule has 0 radical (unpaired) electrons. The van der Waals surface area contributed by atoms with Crippen LogP contribution < -0.4 is 9.46 Å². The number of nitrogens with zero attached hydrogens (tertiary/aromatic N) is 2. The number of hydrogen-bond donors (Lipinski definition) is 1. The van der Waals surface area contributed by atoms with Crippen LogP contribution in [0.3, 0.4) is 0 Å². The van der Waals surface area contributed by atoms with E-state index in [-0.39, 0.29) is 33.3 Å². The third kappa shape index (κ3) is 7.77. The van der Waals surface area contributed by atoms with Gasteiger partial charge in [-0.25, -0.2) is 8.42 Å². The van der Waals surface area contributed by atoms with Gasteiger partial charge in [0.05, 0.1) is 11.5 Å². The summed E-state index contributed by atoms with van der Waals surface area (Å²) in [7, 11) is -6.36. The van der Waals surface area contributed by atoms with Gasteiger partial charge in [-0.3, -0.25) is 0 Å². The average Bonchev–Trinajstić information content (AvgIpc) is 3.25. The van der Waals surface area contributed by atoms with Gasteiger partial charge in [0.15, 0.2) is 8.32 Å². The number of ether oxygens (including phenoxy) is 1. The molecule has 1 atom stereocenters. The number of hydrogen-bond acceptors (Lipinski definition) is 7. The predicted octanol–water partition coefficient (Wildman–Crippen LogP) is 6.33. The maximum absolute atomic E-state index is 13.1. The molecule has 1 aromatic heterocycles. The highest BCUT2D eigenvalue weighted by molar-refractivity contribution is 7.89. The molecule has 0 amide bonds. The minimum Gasteiger partial charge on any atom is -0.415 e. The van der Waals surface area contributed by atoms with Crippen molar-refractivity contribution in [1.29, 1.82) is 0 Å². The van der Waals surface area contributed by atoms with Crippen LogP contribution >= 0.6 is 11.6 Å². The highest BCUT2D eigenvalue weighted by Gasteiger charge is 2.39. The van der Waals surface area contributed by atoms with Crippen molar-refractivity contribution in [2.45, 2.75) is 56.2 Å². The zero-order chi connectivity index (χ0) is 27.6. The largest absolute Gasteiger partial charge is 0.573 e. The third-order valence-corrected chi connectivity index (χ3v) is 12.1. The van der Waals surface area contributed by atoms with Crippen LogP contribution in [0.4, 0.5) is 13.2 Å². The monoisotopic (exact) mass is 577 g/mol. The molecule has 0 saturated carbocycles. The summed E-state index contributed by atoms with van der Waals surface area (Å²) >= 11 is 5.97. The molecular weight excluding hydrogens is 551 g/mol. The summed E-state index contributed by atoms with van der Waals surface area (Å²) in [5, 5.41) is 3.97. The van der Waals surface area contributed by atoms with Crippen molar-refractivity contribution >= 4 is 29.9 Å². The van der Waals surface area contributed by atoms with Crippen LogP contribution in [0.15, 0.2) is 57.9 Å². The standard InChI is InChI=1S/C23H27ClF3N3O5SSi/c1-22(2,3)37(4,5)33-14-19(30-36(31,32)18-8-6-7-16(24)13-18)21-28-20(29-35-21)15-9-11-17(12-10-15)34-23(25,26)27/h6-13,19,30H,14H2,1-5H3/t19-/m0/s1. The molecule has 0 fully saturated rings. The maximum atomic E-state index is 13.1. The fourth-order valence-electron chi connectivity index (χ4n) is 2.85. The van der Waals surface area contributed by atoms with Gasteiger partial charge in [0.2, 0.25) is 21.7 Å². The minimum atomic E-state index is -4.82. The zero-order valence-electron chi connectivity index (χ0n) is 20.8. The number of benzene rings is 2. The van der Waals surface area contributed by atoms with Crippen LogP contribution in [0.25, 0.3) is 11.4 Å². The molecule has 0 aliphatic heterocycles. The van der Waals surface area contributed by atoms with Gasteiger partial charge in [0.1, 0.15) is 11.8 Å². The second-order valence-corrected chi connectivity index (χ2v) is 16.7. The van der Waals surface area contributed by atoms with Gasteiger partial charge in [0, 0.05) is 10.6 Å². The summed E-state index contributed by atoms with van der Waals surface area (Å²) in [6, 6.07) is 9.58. The Morgan fingerprint density at radius 1 is 1.11 bits per heavy atom. The molecule has 0 bridgehead atoms. The van der Waals surface area contributed by atoms with E-state index in [1.54, 1.807) is 6.07 Å². The van der Waals surface area contributed by atoms with Crippen LogP contribution in [-0.4, -0.2) is 39.8 Å². The molecule has 14 heteroatoms. The lowest BCUT2D eigenvalue weighted by atomic mass is 10.2. The van der Waals surface area contributed by atoms with Gasteiger partial charge in [-0.1, -0.05) is 43.6 Å². The average molecular weight is 578 g/mol. The van der Waals surface area contributed by atoms with Crippen molar-refractivity contribution in [2.75, 3.05) is 6.61 Å². The van der Waals surface area contributed by atoms with Crippen LogP contribution in [0, 0.1) is 0 Å². The zero-order valence-corrected chi connectivity index (χ0v) is 23.3. The van der Waals surface area contributed by atoms with Crippen LogP contribution in [0.2, 0.25) is 23.2 Å². The first kappa shape index (κ1) is 29.1. The van der Waals surface area contributed by atoms with E-state index < -0.39 is 36.5 Å². The van der Waals surface area contributed by atoms with Gasteiger partial charge in [0.25, 0.3) is 0 Å². The molecule has 0 unspecified atom stereocenters. The quantitative estimate of drug-likeness (QED) is 0.296. The number of alkyl halides is 3. The first-order valence-electron chi connectivity index (χ1n) is 11.1. The molecule has 0 saturated heterocycles. The van der Waals surface area contributed by atoms with Crippen LogP contribution in [0.1, 0.15) is 32.7 Å². The van der Waals surface area contributed by atoms with E-state index in [2.05, 4.69) is 19.6 Å². The molecule has 1 heterocycles. The molecule has 37 heavy (non-hydrogen) atoms. The Bertz CT molecular complexity index is 1330. The van der Waals surface area contributed by atoms with Gasteiger partial charge >= 0.3 is 6.36 Å². The van der Waals surface area contributed by atoms with E-state index in [0.29, 0.717) is 5.56 Å². The SMILES string of the molecule is CC(C)(C)[Si](C)(C)OC[C@H](NS(=O)(=O)c1cccc(Cl)c1)c1nc(-c2ccc(OC(F)(F)F)cc2)no1. The lowest BCUT2D eigenvalue weighted by Crippen LogP contribution is -2.43. The van der Waals surface area contributed by atoms with Crippen molar-refractivity contribution < 1.29 is 35.3 Å². The number of halogens is 4. The normalized spacial score (nSPS) is 14.0. The Kier molecular flexibility index (Phi) is 8.44. The molecule has 3 rings (SSSR count). The van der Waals surface area contributed by atoms with E-state index in [0.717, 1.165) is 12.1 Å². The predicted molar refractivity (Wildman–Crippen MR) is 134 cm³/mol. The smallest absolute Gasteiger partial charge is 0.415 e. The van der Waals surface area contributed by atoms with Crippen molar-refractivity contribution in [3.63, 3.8) is 0 Å². The first-order valence-corrected chi connectivity index (χ1v) is 15.9. The molecule has 202 valence electrons. The number of nitrogens with one attached hydrogen (secondary N) is 1. The second kappa shape index (κ2) is 10.7. The Hall–Kier alpha value is -2.45. The lowest BCUT2D eigenvalue weighted by Gasteiger charge is -2.37. The topological polar surface area (TPSA) is 104 Å². The van der Waals surface area contributed by atoms with E-state index in [1.165, 1.54) is 30.3 Å². The molecule has 1 N–H and O–H groups in total. The highest BCUT2D eigenvalue weighted by Crippen LogP contribution is 2.37. The number of sulfonamides is 1. The molecule has 3 aromatic rings. The molecular formula is C23H27ClF3N3O5SSi. The molecule has 8 nitrogen and oxygen atoms in total. The van der Waals surface area contributed by atoms with E-state index in [1.807, 2.05) is 33.9 Å². The van der Waals surface area contributed by atoms with E-state index >= 15 is 0 Å². The van der Waals surface area contributed by atoms with Crippen molar-refractivity contribution in [2.24, 2.45) is 0 Å². The van der Waals surface area contributed by atoms with Crippen LogP contribution in [-0.2, 0) is 14.4 Å². The van der Waals surface area contributed by atoms with E-state index in [9.17, 15) is 21.6 Å². The summed E-state index contributed by atoms with van der Waals surface area (Å²) < 4.78 is 81.5. The van der Waals surface area contributed by atoms with Crippen molar-refractivity contribution in [3.8, 4) is 17.1 Å². The Balaban J connectivity index is 1.90. The molecule has 0 aliphatic carbocycles. The number of rotatable bonds is 9. The fourth-order valence-corrected chi connectivity index (χ4v) is 5.34. The Labute approximate surface area is 219 Å². The summed E-state index contributed by atoms with van der Waals surface area (Å²) in [5.41, 5.74) is 0.339. The summed E-state index contributed by atoms with van der Waals surface area (Å²) in [4.78, 5) is 4.23. The highest BCUT2D eigenvalue weighted by atomic mass is 35.5. The Morgan fingerprint density at radius 2 is 1.76 bits per heavy atom.